The second kappa shape index (κ2) is 9.49. The highest BCUT2D eigenvalue weighted by atomic mass is 19.1. The van der Waals surface area contributed by atoms with Gasteiger partial charge in [-0.2, -0.15) is 0 Å². The van der Waals surface area contributed by atoms with Gasteiger partial charge in [-0.3, -0.25) is 0 Å². The third kappa shape index (κ3) is 11.4. The number of carbonyl (C=O) groups is 1. The molecule has 0 amide bonds. The van der Waals surface area contributed by atoms with Gasteiger partial charge >= 0.3 is 6.22 Å². The van der Waals surface area contributed by atoms with Crippen molar-refractivity contribution in [1.29, 1.82) is 0 Å². The number of unbranched alkanes of at least 4 members (excludes halogenated alkanes) is 6. The van der Waals surface area contributed by atoms with Crippen LogP contribution in [-0.4, -0.2) is 12.8 Å². The van der Waals surface area contributed by atoms with Gasteiger partial charge in [0.1, 0.15) is 0 Å². The van der Waals surface area contributed by atoms with Crippen LogP contribution in [0.1, 0.15) is 51.9 Å². The van der Waals surface area contributed by atoms with E-state index in [9.17, 15) is 9.18 Å². The average molecular weight is 190 g/mol. The van der Waals surface area contributed by atoms with E-state index in [2.05, 4.69) is 11.7 Å². The summed E-state index contributed by atoms with van der Waals surface area (Å²) in [5.74, 6) is 0. The standard InChI is InChI=1S/C10H19FO2/c1-2-3-4-5-6-7-8-9-13-10(11)12/h2-9H2,1H3. The minimum absolute atomic E-state index is 0.225. The minimum atomic E-state index is -1.66. The van der Waals surface area contributed by atoms with Crippen LogP contribution in [0.5, 0.6) is 0 Å². The lowest BCUT2D eigenvalue weighted by Crippen LogP contribution is -1.96. The minimum Gasteiger partial charge on any atom is -0.440 e. The Hall–Kier alpha value is -0.600. The first-order chi connectivity index (χ1) is 6.27. The van der Waals surface area contributed by atoms with Crippen molar-refractivity contribution in [3.63, 3.8) is 0 Å². The summed E-state index contributed by atoms with van der Waals surface area (Å²) in [5.41, 5.74) is 0. The third-order valence-electron chi connectivity index (χ3n) is 1.96. The third-order valence-corrected chi connectivity index (χ3v) is 1.96. The van der Waals surface area contributed by atoms with Gasteiger partial charge in [-0.15, -0.1) is 4.39 Å². The monoisotopic (exact) mass is 190 g/mol. The van der Waals surface area contributed by atoms with Crippen molar-refractivity contribution in [2.45, 2.75) is 51.9 Å². The maximum absolute atomic E-state index is 11.5. The first-order valence-electron chi connectivity index (χ1n) is 5.09. The molecular formula is C10H19FO2. The molecular weight excluding hydrogens is 171 g/mol. The van der Waals surface area contributed by atoms with Gasteiger partial charge in [0.25, 0.3) is 0 Å². The Labute approximate surface area is 79.5 Å². The van der Waals surface area contributed by atoms with Gasteiger partial charge in [0, 0.05) is 0 Å². The Morgan fingerprint density at radius 3 is 2.15 bits per heavy atom. The number of hydrogen-bond donors (Lipinski definition) is 0. The van der Waals surface area contributed by atoms with E-state index in [1.807, 2.05) is 0 Å². The molecule has 0 saturated carbocycles. The fourth-order valence-corrected chi connectivity index (χ4v) is 1.21. The number of hydrogen-bond acceptors (Lipinski definition) is 2. The van der Waals surface area contributed by atoms with Crippen LogP contribution in [0.3, 0.4) is 0 Å². The van der Waals surface area contributed by atoms with E-state index in [1.54, 1.807) is 0 Å². The molecule has 0 aliphatic carbocycles. The van der Waals surface area contributed by atoms with Crippen LogP contribution < -0.4 is 0 Å². The van der Waals surface area contributed by atoms with Crippen molar-refractivity contribution in [3.8, 4) is 0 Å². The van der Waals surface area contributed by atoms with Gasteiger partial charge in [0.05, 0.1) is 6.61 Å². The van der Waals surface area contributed by atoms with Gasteiger partial charge in [0.15, 0.2) is 0 Å². The van der Waals surface area contributed by atoms with E-state index in [0.29, 0.717) is 0 Å². The summed E-state index contributed by atoms with van der Waals surface area (Å²) in [5, 5.41) is 0. The molecule has 0 aromatic rings. The molecule has 0 spiro atoms. The molecule has 0 aliphatic rings. The Bertz CT molecular complexity index is 126. The van der Waals surface area contributed by atoms with Gasteiger partial charge in [-0.1, -0.05) is 45.4 Å². The van der Waals surface area contributed by atoms with Gasteiger partial charge in [-0.05, 0) is 6.42 Å². The van der Waals surface area contributed by atoms with Crippen LogP contribution in [-0.2, 0) is 4.74 Å². The van der Waals surface area contributed by atoms with Gasteiger partial charge in [-0.25, -0.2) is 4.79 Å². The lowest BCUT2D eigenvalue weighted by Gasteiger charge is -2.00. The smallest absolute Gasteiger partial charge is 0.440 e. The molecule has 78 valence electrons. The summed E-state index contributed by atoms with van der Waals surface area (Å²) < 4.78 is 15.7. The van der Waals surface area contributed by atoms with Crippen molar-refractivity contribution in [1.82, 2.24) is 0 Å². The Morgan fingerprint density at radius 2 is 1.62 bits per heavy atom. The maximum atomic E-state index is 11.5. The number of halogens is 1. The normalized spacial score (nSPS) is 10.0. The second-order valence-electron chi connectivity index (χ2n) is 3.21. The highest BCUT2D eigenvalue weighted by molar-refractivity contribution is 5.57. The highest BCUT2D eigenvalue weighted by Crippen LogP contribution is 2.06. The van der Waals surface area contributed by atoms with Crippen molar-refractivity contribution < 1.29 is 13.9 Å². The van der Waals surface area contributed by atoms with Crippen LogP contribution in [0.4, 0.5) is 9.18 Å². The van der Waals surface area contributed by atoms with Crippen LogP contribution in [0.25, 0.3) is 0 Å². The molecule has 0 saturated heterocycles. The Kier molecular flexibility index (Phi) is 9.05. The van der Waals surface area contributed by atoms with Crippen molar-refractivity contribution in [3.05, 3.63) is 0 Å². The fraction of sp³-hybridized carbons (Fsp3) is 0.900. The second-order valence-corrected chi connectivity index (χ2v) is 3.21. The summed E-state index contributed by atoms with van der Waals surface area (Å²) in [7, 11) is 0. The molecule has 0 rings (SSSR count). The van der Waals surface area contributed by atoms with Gasteiger partial charge < -0.3 is 4.74 Å². The van der Waals surface area contributed by atoms with Crippen LogP contribution in [0.2, 0.25) is 0 Å². The lowest BCUT2D eigenvalue weighted by atomic mass is 10.1. The highest BCUT2D eigenvalue weighted by Gasteiger charge is 1.96. The SMILES string of the molecule is CCCCCCCCCOC(=O)F. The fourth-order valence-electron chi connectivity index (χ4n) is 1.21. The molecule has 3 heteroatoms. The molecule has 0 radical (unpaired) electrons. The van der Waals surface area contributed by atoms with E-state index >= 15 is 0 Å². The summed E-state index contributed by atoms with van der Waals surface area (Å²) in [6.45, 7) is 2.41. The zero-order chi connectivity index (χ0) is 9.94. The van der Waals surface area contributed by atoms with E-state index in [-0.39, 0.29) is 6.61 Å². The first-order valence-corrected chi connectivity index (χ1v) is 5.09. The molecule has 0 aromatic carbocycles. The number of rotatable bonds is 8. The lowest BCUT2D eigenvalue weighted by molar-refractivity contribution is 0.119. The summed E-state index contributed by atoms with van der Waals surface area (Å²) in [6, 6.07) is 0. The molecule has 13 heavy (non-hydrogen) atoms. The first kappa shape index (κ1) is 12.4. The van der Waals surface area contributed by atoms with Crippen LogP contribution in [0, 0.1) is 0 Å². The van der Waals surface area contributed by atoms with Crippen LogP contribution >= 0.6 is 0 Å². The van der Waals surface area contributed by atoms with E-state index in [1.165, 1.54) is 25.7 Å². The Morgan fingerprint density at radius 1 is 1.08 bits per heavy atom. The maximum Gasteiger partial charge on any atom is 0.495 e. The summed E-state index contributed by atoms with van der Waals surface area (Å²) in [4.78, 5) is 9.73. The topological polar surface area (TPSA) is 26.3 Å². The molecule has 0 unspecified atom stereocenters. The molecule has 0 fully saturated rings. The number of ether oxygens (including phenoxy) is 1. The van der Waals surface area contributed by atoms with E-state index in [4.69, 9.17) is 0 Å². The van der Waals surface area contributed by atoms with Crippen molar-refractivity contribution in [2.24, 2.45) is 0 Å². The Balaban J connectivity index is 2.87. The predicted octanol–water partition coefficient (Wildman–Crippen LogP) is 3.84. The van der Waals surface area contributed by atoms with Crippen molar-refractivity contribution in [2.75, 3.05) is 6.61 Å². The summed E-state index contributed by atoms with van der Waals surface area (Å²) in [6.07, 6.45) is 6.35. The van der Waals surface area contributed by atoms with E-state index < -0.39 is 6.22 Å². The molecule has 0 heterocycles. The zero-order valence-corrected chi connectivity index (χ0v) is 8.35. The largest absolute Gasteiger partial charge is 0.495 e. The molecule has 0 N–H and O–H groups in total. The molecule has 0 aromatic heterocycles. The molecule has 0 aliphatic heterocycles. The summed E-state index contributed by atoms with van der Waals surface area (Å²) >= 11 is 0. The quantitative estimate of drug-likeness (QED) is 0.429. The number of carbonyl (C=O) groups excluding carboxylic acids is 1. The average Bonchev–Trinajstić information content (AvgIpc) is 2.09. The molecule has 0 atom stereocenters. The van der Waals surface area contributed by atoms with Crippen LogP contribution in [0.15, 0.2) is 0 Å². The van der Waals surface area contributed by atoms with E-state index in [0.717, 1.165) is 19.3 Å². The predicted molar refractivity (Wildman–Crippen MR) is 50.4 cm³/mol. The van der Waals surface area contributed by atoms with Crippen molar-refractivity contribution >= 4 is 6.22 Å². The zero-order valence-electron chi connectivity index (χ0n) is 8.35. The van der Waals surface area contributed by atoms with Gasteiger partial charge in [0.2, 0.25) is 0 Å². The molecule has 2 nitrogen and oxygen atoms in total. The molecule has 0 bridgehead atoms.